The van der Waals surface area contributed by atoms with E-state index in [0.717, 1.165) is 23.4 Å². The van der Waals surface area contributed by atoms with Gasteiger partial charge >= 0.3 is 0 Å². The number of aromatic nitrogens is 2. The Labute approximate surface area is 127 Å². The quantitative estimate of drug-likeness (QED) is 0.807. The Balaban J connectivity index is 2.34. The third kappa shape index (κ3) is 2.28. The van der Waals surface area contributed by atoms with E-state index in [1.54, 1.807) is 12.1 Å². The molecule has 3 aromatic rings. The Hall–Kier alpha value is -2.33. The molecule has 3 rings (SSSR count). The van der Waals surface area contributed by atoms with Crippen molar-refractivity contribution in [3.05, 3.63) is 58.9 Å². The van der Waals surface area contributed by atoms with E-state index >= 15 is 0 Å². The minimum atomic E-state index is -0.553. The van der Waals surface area contributed by atoms with Gasteiger partial charge in [-0.25, -0.2) is 4.98 Å². The van der Waals surface area contributed by atoms with Crippen LogP contribution in [0.4, 0.5) is 0 Å². The van der Waals surface area contributed by atoms with Crippen LogP contribution in [-0.2, 0) is 6.42 Å². The van der Waals surface area contributed by atoms with Gasteiger partial charge in [0.2, 0.25) is 5.91 Å². The minimum Gasteiger partial charge on any atom is -0.366 e. The molecule has 1 amide bonds. The molecule has 0 atom stereocenters. The van der Waals surface area contributed by atoms with Crippen LogP contribution >= 0.6 is 11.6 Å². The van der Waals surface area contributed by atoms with Crippen LogP contribution in [0.1, 0.15) is 23.1 Å². The number of halogens is 1. The van der Waals surface area contributed by atoms with E-state index in [1.807, 2.05) is 35.8 Å². The molecule has 0 aliphatic carbocycles. The first-order chi connectivity index (χ1) is 10.1. The van der Waals surface area contributed by atoms with E-state index in [0.29, 0.717) is 10.5 Å². The molecule has 1 radical (unpaired) electrons. The molecule has 5 heteroatoms. The number of carbonyl (C=O) groups excluding carboxylic acids is 1. The van der Waals surface area contributed by atoms with Crippen LogP contribution in [0.2, 0.25) is 5.02 Å². The molecule has 1 heterocycles. The van der Waals surface area contributed by atoms with Gasteiger partial charge < -0.3 is 5.73 Å². The lowest BCUT2D eigenvalue weighted by Crippen LogP contribution is -2.11. The molecule has 0 spiro atoms. The molecule has 0 aliphatic heterocycles. The molecule has 2 aromatic carbocycles. The predicted octanol–water partition coefficient (Wildman–Crippen LogP) is 3.14. The van der Waals surface area contributed by atoms with Crippen LogP contribution in [0.15, 0.2) is 36.4 Å². The van der Waals surface area contributed by atoms with Crippen LogP contribution in [-0.4, -0.2) is 15.5 Å². The van der Waals surface area contributed by atoms with E-state index in [-0.39, 0.29) is 5.56 Å². The highest BCUT2D eigenvalue weighted by molar-refractivity contribution is 6.34. The number of carbonyl (C=O) groups is 1. The molecule has 2 N–H and O–H groups in total. The van der Waals surface area contributed by atoms with Crippen LogP contribution in [0.5, 0.6) is 0 Å². The summed E-state index contributed by atoms with van der Waals surface area (Å²) in [5.74, 6) is 0.338. The second-order valence-electron chi connectivity index (χ2n) is 4.66. The van der Waals surface area contributed by atoms with Crippen LogP contribution in [0.3, 0.4) is 0 Å². The Bertz CT molecular complexity index is 824. The summed E-state index contributed by atoms with van der Waals surface area (Å²) in [7, 11) is 0. The van der Waals surface area contributed by atoms with Crippen LogP contribution in [0, 0.1) is 6.07 Å². The number of nitrogens with zero attached hydrogens (tertiary/aromatic N) is 2. The van der Waals surface area contributed by atoms with Gasteiger partial charge in [0.1, 0.15) is 5.82 Å². The molecule has 0 aliphatic rings. The molecule has 0 unspecified atom stereocenters. The molecular weight excluding hydrogens is 286 g/mol. The maximum Gasteiger partial charge on any atom is 0.250 e. The maximum absolute atomic E-state index is 11.4. The third-order valence-electron chi connectivity index (χ3n) is 3.34. The highest BCUT2D eigenvalue weighted by Crippen LogP contribution is 2.27. The Morgan fingerprint density at radius 3 is 2.90 bits per heavy atom. The monoisotopic (exact) mass is 298 g/mol. The van der Waals surface area contributed by atoms with Crippen LogP contribution in [0.25, 0.3) is 16.7 Å². The van der Waals surface area contributed by atoms with E-state index in [4.69, 9.17) is 17.3 Å². The van der Waals surface area contributed by atoms with Gasteiger partial charge in [-0.1, -0.05) is 30.7 Å². The first-order valence-corrected chi connectivity index (χ1v) is 6.96. The summed E-state index contributed by atoms with van der Waals surface area (Å²) < 4.78 is 2.02. The zero-order chi connectivity index (χ0) is 15.0. The highest BCUT2D eigenvalue weighted by atomic mass is 35.5. The SMILES string of the molecule is CCc1nc2cc(C(N)=O)c(Cl)cc2n1-c1c[c]ccc1. The summed E-state index contributed by atoms with van der Waals surface area (Å²) in [4.78, 5) is 16.0. The van der Waals surface area contributed by atoms with Gasteiger partial charge in [-0.05, 0) is 30.3 Å². The molecule has 0 saturated heterocycles. The number of hydrogen-bond acceptors (Lipinski definition) is 2. The second kappa shape index (κ2) is 5.22. The zero-order valence-corrected chi connectivity index (χ0v) is 12.2. The van der Waals surface area contributed by atoms with Gasteiger partial charge in [0.25, 0.3) is 0 Å². The van der Waals surface area contributed by atoms with E-state index in [9.17, 15) is 4.79 Å². The molecule has 21 heavy (non-hydrogen) atoms. The third-order valence-corrected chi connectivity index (χ3v) is 3.66. The fraction of sp³-hybridized carbons (Fsp3) is 0.125. The molecule has 105 valence electrons. The lowest BCUT2D eigenvalue weighted by Gasteiger charge is -2.08. The average Bonchev–Trinajstić information content (AvgIpc) is 2.84. The maximum atomic E-state index is 11.4. The van der Waals surface area contributed by atoms with Crippen LogP contribution < -0.4 is 5.73 Å². The van der Waals surface area contributed by atoms with Crippen molar-refractivity contribution < 1.29 is 4.79 Å². The standard InChI is InChI=1S/C16H13ClN3O/c1-2-15-19-13-8-11(16(18)21)12(17)9-14(13)20(15)10-6-4-3-5-7-10/h3-4,6-9H,2H2,1H3,(H2,18,21). The van der Waals surface area contributed by atoms with Gasteiger partial charge in [-0.3, -0.25) is 9.36 Å². The van der Waals surface area contributed by atoms with Gasteiger partial charge in [-0.2, -0.15) is 0 Å². The fourth-order valence-corrected chi connectivity index (χ4v) is 2.64. The fourth-order valence-electron chi connectivity index (χ4n) is 2.39. The molecule has 1 aromatic heterocycles. The van der Waals surface area contributed by atoms with Crippen molar-refractivity contribution in [3.8, 4) is 5.69 Å². The van der Waals surface area contributed by atoms with E-state index in [1.165, 1.54) is 0 Å². The number of amides is 1. The Morgan fingerprint density at radius 2 is 2.29 bits per heavy atom. The van der Waals surface area contributed by atoms with Crippen molar-refractivity contribution in [3.63, 3.8) is 0 Å². The number of primary amides is 1. The summed E-state index contributed by atoms with van der Waals surface area (Å²) >= 11 is 6.16. The van der Waals surface area contributed by atoms with Crippen molar-refractivity contribution in [2.45, 2.75) is 13.3 Å². The lowest BCUT2D eigenvalue weighted by molar-refractivity contribution is 0.100. The first kappa shape index (κ1) is 13.6. The number of aryl methyl sites for hydroxylation is 1. The van der Waals surface area contributed by atoms with E-state index < -0.39 is 5.91 Å². The number of nitrogens with two attached hydrogens (primary N) is 1. The molecule has 4 nitrogen and oxygen atoms in total. The Kier molecular flexibility index (Phi) is 3.39. The first-order valence-electron chi connectivity index (χ1n) is 6.59. The topological polar surface area (TPSA) is 60.9 Å². The predicted molar refractivity (Wildman–Crippen MR) is 82.8 cm³/mol. The Morgan fingerprint density at radius 1 is 1.48 bits per heavy atom. The summed E-state index contributed by atoms with van der Waals surface area (Å²) in [6, 6.07) is 14.0. The zero-order valence-electron chi connectivity index (χ0n) is 11.4. The number of fused-ring (bicyclic) bond motifs is 1. The van der Waals surface area contributed by atoms with Crippen molar-refractivity contribution in [2.75, 3.05) is 0 Å². The molecule has 0 bridgehead atoms. The average molecular weight is 299 g/mol. The minimum absolute atomic E-state index is 0.288. The van der Waals surface area contributed by atoms with Gasteiger partial charge in [0.05, 0.1) is 21.6 Å². The molecular formula is C16H13ClN3O. The van der Waals surface area contributed by atoms with E-state index in [2.05, 4.69) is 11.1 Å². The normalized spacial score (nSPS) is 11.0. The smallest absolute Gasteiger partial charge is 0.250 e. The summed E-state index contributed by atoms with van der Waals surface area (Å²) in [6.45, 7) is 2.03. The van der Waals surface area contributed by atoms with Gasteiger partial charge in [0, 0.05) is 12.1 Å². The summed E-state index contributed by atoms with van der Waals surface area (Å²) in [5.41, 5.74) is 8.13. The summed E-state index contributed by atoms with van der Waals surface area (Å²) in [5, 5.41) is 0.332. The highest BCUT2D eigenvalue weighted by Gasteiger charge is 2.15. The number of imidazole rings is 1. The van der Waals surface area contributed by atoms with Gasteiger partial charge in [-0.15, -0.1) is 0 Å². The molecule has 0 saturated carbocycles. The van der Waals surface area contributed by atoms with Crippen molar-refractivity contribution in [1.29, 1.82) is 0 Å². The second-order valence-corrected chi connectivity index (χ2v) is 5.07. The van der Waals surface area contributed by atoms with Crippen molar-refractivity contribution in [1.82, 2.24) is 9.55 Å². The lowest BCUT2D eigenvalue weighted by atomic mass is 10.2. The number of hydrogen-bond donors (Lipinski definition) is 1. The van der Waals surface area contributed by atoms with Crippen molar-refractivity contribution >= 4 is 28.5 Å². The largest absolute Gasteiger partial charge is 0.366 e. The molecule has 0 fully saturated rings. The summed E-state index contributed by atoms with van der Waals surface area (Å²) in [6.07, 6.45) is 0.757. The number of rotatable bonds is 3. The van der Waals surface area contributed by atoms with Gasteiger partial charge in [0.15, 0.2) is 0 Å². The van der Waals surface area contributed by atoms with Crippen molar-refractivity contribution in [2.24, 2.45) is 5.73 Å². The number of benzene rings is 2.